The van der Waals surface area contributed by atoms with Crippen LogP contribution < -0.4 is 19.3 Å². The minimum atomic E-state index is -2.58. The van der Waals surface area contributed by atoms with E-state index < -0.39 is 13.7 Å². The average molecular weight is 807 g/mol. The van der Waals surface area contributed by atoms with E-state index in [-0.39, 0.29) is 11.1 Å². The molecule has 0 amide bonds. The molecule has 0 saturated carbocycles. The summed E-state index contributed by atoms with van der Waals surface area (Å²) in [4.78, 5) is 9.64. The molecule has 62 heavy (non-hydrogen) atoms. The predicted molar refractivity (Wildman–Crippen MR) is 253 cm³/mol. The standard InChI is InChI=1S/C56H40N4O2/c1-36-26-29-49-47(30-36)43-28-27-41-33-52(43)60(49)55-31-37(2)48(34-57-55)45-19-7-11-25-54(45)62-53-24-10-6-18-44(53)46-21-13-20-42(38-14-4-3-5-15-38)56(46)59-35-58(50-22-8-9-23-51(50)59)39-16-12-17-40(32-39)61-41/h3-34H,35H2,1-2H3/i1D3,2D3. The molecule has 0 unspecified atom stereocenters. The van der Waals surface area contributed by atoms with Crippen molar-refractivity contribution in [3.8, 4) is 62.2 Å². The number of benzene rings is 8. The van der Waals surface area contributed by atoms with Gasteiger partial charge in [-0.15, -0.1) is 0 Å². The number of aromatic nitrogens is 2. The van der Waals surface area contributed by atoms with Crippen LogP contribution in [0.3, 0.4) is 0 Å². The van der Waals surface area contributed by atoms with Gasteiger partial charge in [-0.05, 0) is 91.6 Å². The number of anilines is 4. The molecule has 0 N–H and O–H groups in total. The summed E-state index contributed by atoms with van der Waals surface area (Å²) in [6, 6.07) is 60.9. The molecule has 13 rings (SSSR count). The van der Waals surface area contributed by atoms with E-state index in [1.165, 1.54) is 0 Å². The number of para-hydroxylation sites is 5. The predicted octanol–water partition coefficient (Wildman–Crippen LogP) is 14.9. The third kappa shape index (κ3) is 5.83. The van der Waals surface area contributed by atoms with Gasteiger partial charge < -0.3 is 19.3 Å². The second-order valence-corrected chi connectivity index (χ2v) is 15.6. The van der Waals surface area contributed by atoms with E-state index in [1.807, 2.05) is 89.5 Å². The van der Waals surface area contributed by atoms with E-state index in [2.05, 4.69) is 88.7 Å². The zero-order valence-corrected chi connectivity index (χ0v) is 33.3. The molecule has 0 fully saturated rings. The van der Waals surface area contributed by atoms with Gasteiger partial charge >= 0.3 is 0 Å². The third-order valence-electron chi connectivity index (χ3n) is 11.9. The lowest BCUT2D eigenvalue weighted by Gasteiger charge is -2.28. The van der Waals surface area contributed by atoms with Crippen LogP contribution in [0.25, 0.3) is 61.0 Å². The Bertz CT molecular complexity index is 3620. The van der Waals surface area contributed by atoms with E-state index in [1.54, 1.807) is 30.5 Å². The normalized spacial score (nSPS) is 14.6. The number of rotatable bonds is 1. The largest absolute Gasteiger partial charge is 0.457 e. The highest BCUT2D eigenvalue weighted by atomic mass is 16.5. The lowest BCUT2D eigenvalue weighted by molar-refractivity contribution is 0.483. The monoisotopic (exact) mass is 806 g/mol. The van der Waals surface area contributed by atoms with Gasteiger partial charge in [-0.1, -0.05) is 115 Å². The number of hydrogen-bond donors (Lipinski definition) is 0. The van der Waals surface area contributed by atoms with Crippen LogP contribution in [-0.4, -0.2) is 16.2 Å². The fourth-order valence-electron chi connectivity index (χ4n) is 9.15. The summed E-state index contributed by atoms with van der Waals surface area (Å²) >= 11 is 0. The number of nitrogens with zero attached hydrogens (tertiary/aromatic N) is 4. The summed E-state index contributed by atoms with van der Waals surface area (Å²) in [5.41, 5.74) is 10.4. The maximum atomic E-state index is 8.92. The highest BCUT2D eigenvalue weighted by Gasteiger charge is 2.32. The van der Waals surface area contributed by atoms with Crippen LogP contribution >= 0.6 is 0 Å². The van der Waals surface area contributed by atoms with Crippen LogP contribution in [0.4, 0.5) is 22.7 Å². The van der Waals surface area contributed by atoms with Gasteiger partial charge in [0.1, 0.15) is 35.5 Å². The summed E-state index contributed by atoms with van der Waals surface area (Å²) in [5, 5.41) is 1.43. The first kappa shape index (κ1) is 30.0. The van der Waals surface area contributed by atoms with E-state index in [0.29, 0.717) is 63.0 Å². The second kappa shape index (κ2) is 14.3. The van der Waals surface area contributed by atoms with Gasteiger partial charge in [0.05, 0.1) is 28.1 Å². The highest BCUT2D eigenvalue weighted by Crippen LogP contribution is 2.52. The molecule has 2 aromatic heterocycles. The molecule has 296 valence electrons. The Kier molecular flexibility index (Phi) is 6.91. The van der Waals surface area contributed by atoms with Crippen LogP contribution in [0, 0.1) is 13.7 Å². The van der Waals surface area contributed by atoms with Crippen molar-refractivity contribution < 1.29 is 17.7 Å². The molecule has 3 aliphatic heterocycles. The molecule has 0 radical (unpaired) electrons. The lowest BCUT2D eigenvalue weighted by Crippen LogP contribution is -2.25. The van der Waals surface area contributed by atoms with E-state index >= 15 is 0 Å². The zero-order valence-electron chi connectivity index (χ0n) is 39.3. The summed E-state index contributed by atoms with van der Waals surface area (Å²) < 4.78 is 67.0. The summed E-state index contributed by atoms with van der Waals surface area (Å²) in [6.07, 6.45) is 1.59. The molecule has 8 bridgehead atoms. The first-order chi connectivity index (χ1) is 33.0. The molecule has 6 nitrogen and oxygen atoms in total. The minimum Gasteiger partial charge on any atom is -0.457 e. The number of hydrogen-bond acceptors (Lipinski definition) is 5. The maximum Gasteiger partial charge on any atom is 0.137 e. The molecule has 5 heterocycles. The van der Waals surface area contributed by atoms with Gasteiger partial charge in [0, 0.05) is 70.8 Å². The molecule has 0 spiro atoms. The van der Waals surface area contributed by atoms with Crippen LogP contribution in [-0.2, 0) is 0 Å². The van der Waals surface area contributed by atoms with Crippen LogP contribution in [0.5, 0.6) is 23.0 Å². The van der Waals surface area contributed by atoms with Gasteiger partial charge in [-0.3, -0.25) is 4.57 Å². The Morgan fingerprint density at radius 2 is 1.21 bits per heavy atom. The third-order valence-corrected chi connectivity index (χ3v) is 11.9. The van der Waals surface area contributed by atoms with E-state index in [4.69, 9.17) is 22.7 Å². The maximum absolute atomic E-state index is 8.92. The summed E-state index contributed by atoms with van der Waals surface area (Å²) in [5.74, 6) is 2.51. The van der Waals surface area contributed by atoms with Crippen molar-refractivity contribution in [1.29, 1.82) is 0 Å². The molecule has 8 aromatic carbocycles. The Balaban J connectivity index is 1.13. The van der Waals surface area contributed by atoms with Gasteiger partial charge in [0.25, 0.3) is 0 Å². The van der Waals surface area contributed by atoms with Crippen molar-refractivity contribution in [3.05, 3.63) is 205 Å². The molecular weight excluding hydrogens is 761 g/mol. The van der Waals surface area contributed by atoms with Crippen molar-refractivity contribution in [3.63, 3.8) is 0 Å². The number of aryl methyl sites for hydroxylation is 2. The highest BCUT2D eigenvalue weighted by molar-refractivity contribution is 6.10. The second-order valence-electron chi connectivity index (χ2n) is 15.6. The van der Waals surface area contributed by atoms with Crippen LogP contribution in [0.15, 0.2) is 194 Å². The van der Waals surface area contributed by atoms with Gasteiger partial charge in [-0.25, -0.2) is 4.98 Å². The van der Waals surface area contributed by atoms with Gasteiger partial charge in [0.15, 0.2) is 0 Å². The summed E-state index contributed by atoms with van der Waals surface area (Å²) in [6.45, 7) is -4.44. The molecule has 6 heteroatoms. The molecule has 3 aliphatic rings. The quantitative estimate of drug-likeness (QED) is 0.165. The van der Waals surface area contributed by atoms with Crippen LogP contribution in [0.2, 0.25) is 0 Å². The first-order valence-electron chi connectivity index (χ1n) is 23.5. The SMILES string of the molecule is [2H]C([2H])([2H])c1ccc2c(c1)c1ccc3cc1n2-c1cc(C([2H])([2H])[2H])c(cn1)-c1ccccc1Oc1ccccc1-c1cccc(-c2ccccc2)c1N1CN(c2cccc(c2)O3)c2ccccc21. The van der Waals surface area contributed by atoms with Crippen molar-refractivity contribution in [2.45, 2.75) is 13.7 Å². The van der Waals surface area contributed by atoms with Gasteiger partial charge in [0.2, 0.25) is 0 Å². The Labute approximate surface area is 368 Å². The van der Waals surface area contributed by atoms with Crippen molar-refractivity contribution in [2.75, 3.05) is 16.5 Å². The topological polar surface area (TPSA) is 42.8 Å². The Morgan fingerprint density at radius 3 is 2.03 bits per heavy atom. The smallest absolute Gasteiger partial charge is 0.137 e. The lowest BCUT2D eigenvalue weighted by atomic mass is 9.94. The van der Waals surface area contributed by atoms with Gasteiger partial charge in [-0.2, -0.15) is 0 Å². The van der Waals surface area contributed by atoms with Crippen molar-refractivity contribution in [1.82, 2.24) is 9.55 Å². The Morgan fingerprint density at radius 1 is 0.500 bits per heavy atom. The Hall–Kier alpha value is -8.09. The zero-order chi connectivity index (χ0) is 46.3. The number of ether oxygens (including phenoxy) is 2. The fourth-order valence-corrected chi connectivity index (χ4v) is 9.15. The average Bonchev–Trinajstić information content (AvgIpc) is 3.89. The number of pyridine rings is 1. The van der Waals surface area contributed by atoms with Crippen molar-refractivity contribution >= 4 is 44.6 Å². The number of fused-ring (bicyclic) bond motifs is 5. The van der Waals surface area contributed by atoms with Crippen LogP contribution in [0.1, 0.15) is 19.4 Å². The van der Waals surface area contributed by atoms with E-state index in [0.717, 1.165) is 50.4 Å². The van der Waals surface area contributed by atoms with Crippen molar-refractivity contribution in [2.24, 2.45) is 0 Å². The minimum absolute atomic E-state index is 0.0717. The first-order valence-corrected chi connectivity index (χ1v) is 20.5. The molecule has 10 aromatic rings. The fraction of sp³-hybridized carbons (Fsp3) is 0.0536. The van der Waals surface area contributed by atoms with E-state index in [9.17, 15) is 0 Å². The molecular formula is C56H40N4O2. The summed E-state index contributed by atoms with van der Waals surface area (Å²) in [7, 11) is 0. The molecule has 0 aliphatic carbocycles. The molecule has 0 saturated heterocycles. The molecule has 0 atom stereocenters.